The Labute approximate surface area is 225 Å². The second-order valence-electron chi connectivity index (χ2n) is 9.37. The maximum Gasteiger partial charge on any atom is 0.247 e. The lowest BCUT2D eigenvalue weighted by molar-refractivity contribution is -0.139. The summed E-state index contributed by atoms with van der Waals surface area (Å²) in [5.74, 6) is -1.56. The molecule has 4 N–H and O–H groups in total. The standard InChI is InChI=1S/C28H33FN2O8/c1-37-10-7-23(34)31(14-17-5-3-4-6-20(17)29)21-13-19(28(36)30-8-9-32)24-18-11-16(15-33)12-22(38-2)26(18)39-27(24)25(21)35/h3-6,11-13,21,24-25,27,32-33,35H,7-10,14-15H2,1-2H3,(H,30,36). The molecular formula is C28H33FN2O8. The fraction of sp³-hybridized carbons (Fsp3) is 0.429. The Balaban J connectivity index is 1.82. The van der Waals surface area contributed by atoms with Crippen LogP contribution in [0.1, 0.15) is 29.0 Å². The molecule has 0 saturated carbocycles. The summed E-state index contributed by atoms with van der Waals surface area (Å²) in [5, 5.41) is 33.3. The van der Waals surface area contributed by atoms with Gasteiger partial charge in [-0.05, 0) is 29.8 Å². The predicted molar refractivity (Wildman–Crippen MR) is 137 cm³/mol. The molecule has 0 saturated heterocycles. The number of hydrogen-bond donors (Lipinski definition) is 4. The van der Waals surface area contributed by atoms with Gasteiger partial charge in [0.05, 0.1) is 45.3 Å². The topological polar surface area (TPSA) is 138 Å². The Morgan fingerprint density at radius 2 is 1.95 bits per heavy atom. The number of carbonyl (C=O) groups excluding carboxylic acids is 2. The van der Waals surface area contributed by atoms with Crippen molar-refractivity contribution >= 4 is 11.8 Å². The zero-order valence-electron chi connectivity index (χ0n) is 21.8. The molecule has 2 amide bonds. The number of benzene rings is 2. The van der Waals surface area contributed by atoms with Crippen LogP contribution >= 0.6 is 0 Å². The second-order valence-corrected chi connectivity index (χ2v) is 9.37. The smallest absolute Gasteiger partial charge is 0.247 e. The molecule has 10 nitrogen and oxygen atoms in total. The molecule has 1 aliphatic heterocycles. The van der Waals surface area contributed by atoms with Crippen molar-refractivity contribution in [1.82, 2.24) is 10.2 Å². The van der Waals surface area contributed by atoms with Gasteiger partial charge in [-0.2, -0.15) is 0 Å². The van der Waals surface area contributed by atoms with Gasteiger partial charge >= 0.3 is 0 Å². The molecule has 4 rings (SSSR count). The molecule has 4 unspecified atom stereocenters. The van der Waals surface area contributed by atoms with Crippen molar-refractivity contribution < 1.29 is 43.5 Å². The Bertz CT molecular complexity index is 1240. The first-order chi connectivity index (χ1) is 18.8. The Morgan fingerprint density at radius 3 is 2.62 bits per heavy atom. The fourth-order valence-corrected chi connectivity index (χ4v) is 5.12. The first-order valence-electron chi connectivity index (χ1n) is 12.6. The predicted octanol–water partition coefficient (Wildman–Crippen LogP) is 1.01. The van der Waals surface area contributed by atoms with Crippen LogP contribution in [0.25, 0.3) is 0 Å². The van der Waals surface area contributed by atoms with E-state index in [0.29, 0.717) is 22.6 Å². The summed E-state index contributed by atoms with van der Waals surface area (Å²) in [6, 6.07) is 8.25. The van der Waals surface area contributed by atoms with Crippen molar-refractivity contribution in [3.8, 4) is 11.5 Å². The summed E-state index contributed by atoms with van der Waals surface area (Å²) in [5.41, 5.74) is 1.51. The summed E-state index contributed by atoms with van der Waals surface area (Å²) in [4.78, 5) is 28.0. The number of aliphatic hydroxyl groups excluding tert-OH is 3. The van der Waals surface area contributed by atoms with Gasteiger partial charge in [-0.25, -0.2) is 4.39 Å². The Morgan fingerprint density at radius 1 is 1.18 bits per heavy atom. The van der Waals surface area contributed by atoms with E-state index in [-0.39, 0.29) is 50.5 Å². The van der Waals surface area contributed by atoms with Crippen molar-refractivity contribution in [3.63, 3.8) is 0 Å². The highest BCUT2D eigenvalue weighted by atomic mass is 19.1. The van der Waals surface area contributed by atoms with Crippen molar-refractivity contribution in [2.45, 2.75) is 43.7 Å². The molecule has 39 heavy (non-hydrogen) atoms. The maximum atomic E-state index is 14.6. The molecule has 0 spiro atoms. The number of rotatable bonds is 11. The summed E-state index contributed by atoms with van der Waals surface area (Å²) in [6.45, 7) is -0.643. The van der Waals surface area contributed by atoms with Crippen molar-refractivity contribution in [3.05, 3.63) is 70.6 Å². The SMILES string of the molecule is COCCC(=O)N(Cc1ccccc1F)C1C=C(C(=O)NCCO)C2c3cc(CO)cc(OC)c3OC2C1O. The Kier molecular flexibility index (Phi) is 9.18. The zero-order chi connectivity index (χ0) is 28.1. The minimum absolute atomic E-state index is 0.0137. The van der Waals surface area contributed by atoms with E-state index in [4.69, 9.17) is 14.2 Å². The number of nitrogens with zero attached hydrogens (tertiary/aromatic N) is 1. The van der Waals surface area contributed by atoms with Crippen LogP contribution in [0.4, 0.5) is 4.39 Å². The zero-order valence-corrected chi connectivity index (χ0v) is 21.8. The third kappa shape index (κ3) is 5.76. The molecule has 2 aromatic rings. The molecule has 2 aliphatic rings. The molecule has 0 radical (unpaired) electrons. The van der Waals surface area contributed by atoms with Crippen LogP contribution in [-0.2, 0) is 27.5 Å². The van der Waals surface area contributed by atoms with Crippen molar-refractivity contribution in [2.24, 2.45) is 0 Å². The lowest BCUT2D eigenvalue weighted by atomic mass is 9.77. The summed E-state index contributed by atoms with van der Waals surface area (Å²) in [7, 11) is 2.90. The number of ether oxygens (including phenoxy) is 3. The van der Waals surface area contributed by atoms with Crippen molar-refractivity contribution in [1.29, 1.82) is 0 Å². The molecule has 11 heteroatoms. The van der Waals surface area contributed by atoms with Crippen LogP contribution in [0.3, 0.4) is 0 Å². The number of aliphatic hydroxyl groups is 3. The van der Waals surface area contributed by atoms with E-state index >= 15 is 0 Å². The molecule has 1 heterocycles. The van der Waals surface area contributed by atoms with Gasteiger partial charge in [0.1, 0.15) is 18.0 Å². The number of carbonyl (C=O) groups is 2. The molecule has 0 bridgehead atoms. The van der Waals surface area contributed by atoms with Gasteiger partial charge < -0.3 is 39.7 Å². The van der Waals surface area contributed by atoms with E-state index in [0.717, 1.165) is 0 Å². The molecule has 0 fully saturated rings. The minimum Gasteiger partial charge on any atom is -0.493 e. The number of amides is 2. The van der Waals surface area contributed by atoms with Crippen LogP contribution in [0.2, 0.25) is 0 Å². The highest BCUT2D eigenvalue weighted by molar-refractivity contribution is 5.96. The van der Waals surface area contributed by atoms with Gasteiger partial charge in [-0.15, -0.1) is 0 Å². The van der Waals surface area contributed by atoms with Gasteiger partial charge in [0, 0.05) is 36.9 Å². The second kappa shape index (κ2) is 12.6. The van der Waals surface area contributed by atoms with Crippen LogP contribution in [0.15, 0.2) is 48.0 Å². The number of methoxy groups -OCH3 is 2. The average Bonchev–Trinajstić information content (AvgIpc) is 3.34. The van der Waals surface area contributed by atoms with E-state index in [1.165, 1.54) is 37.3 Å². The monoisotopic (exact) mass is 544 g/mol. The third-order valence-corrected chi connectivity index (χ3v) is 6.99. The van der Waals surface area contributed by atoms with Crippen LogP contribution < -0.4 is 14.8 Å². The van der Waals surface area contributed by atoms with E-state index < -0.39 is 41.8 Å². The largest absolute Gasteiger partial charge is 0.493 e. The van der Waals surface area contributed by atoms with Gasteiger partial charge in [0.25, 0.3) is 0 Å². The molecule has 2 aromatic carbocycles. The number of halogens is 1. The molecule has 1 aliphatic carbocycles. The van der Waals surface area contributed by atoms with E-state index in [9.17, 15) is 29.3 Å². The highest BCUT2D eigenvalue weighted by Crippen LogP contribution is 2.51. The number of fused-ring (bicyclic) bond motifs is 3. The highest BCUT2D eigenvalue weighted by Gasteiger charge is 2.51. The van der Waals surface area contributed by atoms with Gasteiger partial charge in [-0.3, -0.25) is 9.59 Å². The van der Waals surface area contributed by atoms with E-state index in [1.54, 1.807) is 24.3 Å². The number of hydrogen-bond acceptors (Lipinski definition) is 8. The summed E-state index contributed by atoms with van der Waals surface area (Å²) in [6.07, 6.45) is -0.833. The van der Waals surface area contributed by atoms with Gasteiger partial charge in [0.15, 0.2) is 11.5 Å². The summed E-state index contributed by atoms with van der Waals surface area (Å²) < 4.78 is 31.3. The Hall–Kier alpha value is -3.51. The third-order valence-electron chi connectivity index (χ3n) is 6.99. The maximum absolute atomic E-state index is 14.6. The van der Waals surface area contributed by atoms with Crippen LogP contribution in [0.5, 0.6) is 11.5 Å². The van der Waals surface area contributed by atoms with Gasteiger partial charge in [0.2, 0.25) is 11.8 Å². The quantitative estimate of drug-likeness (QED) is 0.329. The lowest BCUT2D eigenvalue weighted by Crippen LogP contribution is -2.55. The fourth-order valence-electron chi connectivity index (χ4n) is 5.12. The molecule has 210 valence electrons. The van der Waals surface area contributed by atoms with Crippen molar-refractivity contribution in [2.75, 3.05) is 34.0 Å². The van der Waals surface area contributed by atoms with Crippen LogP contribution in [-0.4, -0.2) is 84.3 Å². The molecule has 4 atom stereocenters. The average molecular weight is 545 g/mol. The van der Waals surface area contributed by atoms with Crippen LogP contribution in [0, 0.1) is 5.82 Å². The normalized spacial score (nSPS) is 21.3. The number of nitrogens with one attached hydrogen (secondary N) is 1. The van der Waals surface area contributed by atoms with E-state index in [1.807, 2.05) is 0 Å². The molecular weight excluding hydrogens is 511 g/mol. The first-order valence-corrected chi connectivity index (χ1v) is 12.6. The van der Waals surface area contributed by atoms with Gasteiger partial charge in [-0.1, -0.05) is 18.2 Å². The lowest BCUT2D eigenvalue weighted by Gasteiger charge is -2.40. The minimum atomic E-state index is -1.31. The molecule has 0 aromatic heterocycles. The summed E-state index contributed by atoms with van der Waals surface area (Å²) >= 11 is 0. The van der Waals surface area contributed by atoms with E-state index in [2.05, 4.69) is 5.32 Å². The first kappa shape index (κ1) is 28.5.